The van der Waals surface area contributed by atoms with E-state index in [4.69, 9.17) is 9.47 Å². The van der Waals surface area contributed by atoms with Crippen LogP contribution in [0.5, 0.6) is 0 Å². The SMILES string of the molecule is [CH-]1COC2[CH-]COC12.[Y].[Y]. The van der Waals surface area contributed by atoms with E-state index >= 15 is 0 Å². The molecule has 0 spiro atoms. The zero-order valence-corrected chi connectivity index (χ0v) is 11.4. The molecule has 0 saturated carbocycles. The van der Waals surface area contributed by atoms with Crippen LogP contribution in [0, 0.1) is 12.8 Å². The number of hydrogen-bond donors (Lipinski definition) is 0. The van der Waals surface area contributed by atoms with Gasteiger partial charge in [0.1, 0.15) is 0 Å². The molecule has 2 unspecified atom stereocenters. The van der Waals surface area contributed by atoms with Gasteiger partial charge in [0.2, 0.25) is 0 Å². The molecule has 10 heavy (non-hydrogen) atoms. The molecule has 0 aromatic carbocycles. The predicted molar refractivity (Wildman–Crippen MR) is 28.1 cm³/mol. The summed E-state index contributed by atoms with van der Waals surface area (Å²) in [5, 5.41) is 0. The van der Waals surface area contributed by atoms with Crippen molar-refractivity contribution in [1.29, 1.82) is 0 Å². The fraction of sp³-hybridized carbons (Fsp3) is 0.667. The maximum atomic E-state index is 5.24. The molecular weight excluding hydrogens is 282 g/mol. The Hall–Kier alpha value is 2.13. The summed E-state index contributed by atoms with van der Waals surface area (Å²) in [6, 6.07) is 0. The van der Waals surface area contributed by atoms with Gasteiger partial charge < -0.3 is 9.47 Å². The molecule has 2 heterocycles. The minimum absolute atomic E-state index is 0. The van der Waals surface area contributed by atoms with Gasteiger partial charge >= 0.3 is 0 Å². The van der Waals surface area contributed by atoms with E-state index in [9.17, 15) is 0 Å². The molecule has 2 saturated heterocycles. The van der Waals surface area contributed by atoms with Crippen LogP contribution in [0.15, 0.2) is 0 Å². The van der Waals surface area contributed by atoms with Crippen LogP contribution in [0.25, 0.3) is 0 Å². The van der Waals surface area contributed by atoms with Gasteiger partial charge in [0.25, 0.3) is 0 Å². The number of fused-ring (bicyclic) bond motifs is 1. The Labute approximate surface area is 112 Å². The quantitative estimate of drug-likeness (QED) is 0.593. The Balaban J connectivity index is 0.000000405. The smallest absolute Gasteiger partial charge is 0 e. The molecule has 0 N–H and O–H groups in total. The number of rotatable bonds is 0. The van der Waals surface area contributed by atoms with Gasteiger partial charge in [0.15, 0.2) is 0 Å². The van der Waals surface area contributed by atoms with Crippen molar-refractivity contribution in [1.82, 2.24) is 0 Å². The minimum Gasteiger partial charge on any atom is -0.442 e. The molecule has 2 atom stereocenters. The molecule has 4 heteroatoms. The molecule has 0 aromatic heterocycles. The zero-order valence-electron chi connectivity index (χ0n) is 5.69. The van der Waals surface area contributed by atoms with E-state index in [1.54, 1.807) is 0 Å². The molecule has 2 aliphatic heterocycles. The van der Waals surface area contributed by atoms with Crippen molar-refractivity contribution in [3.05, 3.63) is 12.8 Å². The zero-order chi connectivity index (χ0) is 5.40. The van der Waals surface area contributed by atoms with Crippen molar-refractivity contribution in [2.75, 3.05) is 13.2 Å². The first kappa shape index (κ1) is 12.1. The fourth-order valence-electron chi connectivity index (χ4n) is 1.12. The average molecular weight is 290 g/mol. The molecule has 2 fully saturated rings. The first-order valence-corrected chi connectivity index (χ1v) is 2.87. The summed E-state index contributed by atoms with van der Waals surface area (Å²) in [6.07, 6.45) is 4.67. The van der Waals surface area contributed by atoms with Gasteiger partial charge in [-0.05, 0) is 0 Å². The van der Waals surface area contributed by atoms with Gasteiger partial charge in [-0.2, -0.15) is 0 Å². The molecule has 0 bridgehead atoms. The summed E-state index contributed by atoms with van der Waals surface area (Å²) in [7, 11) is 0. The van der Waals surface area contributed by atoms with Crippen LogP contribution >= 0.6 is 0 Å². The Kier molecular flexibility index (Phi) is 6.94. The van der Waals surface area contributed by atoms with Crippen LogP contribution < -0.4 is 0 Å². The number of hydrogen-bond acceptors (Lipinski definition) is 2. The molecular formula is C6H8O2Y2-2. The summed E-state index contributed by atoms with van der Waals surface area (Å²) in [5.74, 6) is 0. The van der Waals surface area contributed by atoms with Gasteiger partial charge in [-0.15, -0.1) is 0 Å². The first-order valence-electron chi connectivity index (χ1n) is 2.87. The Morgan fingerprint density at radius 1 is 0.900 bits per heavy atom. The summed E-state index contributed by atoms with van der Waals surface area (Å²) in [5.41, 5.74) is 0. The summed E-state index contributed by atoms with van der Waals surface area (Å²) in [4.78, 5) is 0. The van der Waals surface area contributed by atoms with E-state index in [-0.39, 0.29) is 77.6 Å². The second-order valence-corrected chi connectivity index (χ2v) is 2.07. The molecule has 2 nitrogen and oxygen atoms in total. The van der Waals surface area contributed by atoms with Crippen LogP contribution in [0.4, 0.5) is 0 Å². The monoisotopic (exact) mass is 290 g/mol. The maximum absolute atomic E-state index is 5.24. The molecule has 2 aliphatic rings. The van der Waals surface area contributed by atoms with E-state index in [2.05, 4.69) is 12.8 Å². The third kappa shape index (κ3) is 2.57. The Bertz CT molecular complexity index is 79.7. The fourth-order valence-corrected chi connectivity index (χ4v) is 1.12. The van der Waals surface area contributed by atoms with Gasteiger partial charge in [0.05, 0.1) is 0 Å². The third-order valence-electron chi connectivity index (χ3n) is 1.56. The van der Waals surface area contributed by atoms with Crippen molar-refractivity contribution in [3.8, 4) is 0 Å². The van der Waals surface area contributed by atoms with Crippen molar-refractivity contribution in [2.45, 2.75) is 12.2 Å². The number of ether oxygens (including phenoxy) is 2. The van der Waals surface area contributed by atoms with E-state index < -0.39 is 0 Å². The first-order chi connectivity index (χ1) is 3.97. The summed E-state index contributed by atoms with van der Waals surface area (Å²) in [6.45, 7) is 1.51. The maximum Gasteiger partial charge on any atom is 0 e. The van der Waals surface area contributed by atoms with Crippen molar-refractivity contribution in [2.24, 2.45) is 0 Å². The average Bonchev–Trinajstić information content (AvgIpc) is 2.15. The van der Waals surface area contributed by atoms with Gasteiger partial charge in [-0.25, -0.2) is 0 Å². The van der Waals surface area contributed by atoms with E-state index in [1.165, 1.54) is 0 Å². The summed E-state index contributed by atoms with van der Waals surface area (Å²) < 4.78 is 10.5. The van der Waals surface area contributed by atoms with Crippen LogP contribution in [0.3, 0.4) is 0 Å². The second kappa shape index (κ2) is 5.72. The molecule has 0 aliphatic carbocycles. The van der Waals surface area contributed by atoms with Crippen LogP contribution in [-0.2, 0) is 74.9 Å². The third-order valence-corrected chi connectivity index (χ3v) is 1.56. The van der Waals surface area contributed by atoms with Gasteiger partial charge in [0, 0.05) is 65.4 Å². The van der Waals surface area contributed by atoms with Crippen LogP contribution in [-0.4, -0.2) is 25.4 Å². The Morgan fingerprint density at radius 2 is 1.30 bits per heavy atom. The molecule has 0 aromatic rings. The van der Waals surface area contributed by atoms with Crippen molar-refractivity contribution < 1.29 is 74.9 Å². The van der Waals surface area contributed by atoms with E-state index in [0.717, 1.165) is 13.2 Å². The van der Waals surface area contributed by atoms with E-state index in [0.29, 0.717) is 0 Å². The second-order valence-electron chi connectivity index (χ2n) is 2.07. The predicted octanol–water partition coefficient (Wildman–Crippen LogP) is 0.188. The standard InChI is InChI=1S/C6H8O2.2Y/c1-3-7-6-2-4-8-5(1)6;;/h1-2,5-6H,3-4H2;;/q-2;;. The molecule has 2 rings (SSSR count). The Morgan fingerprint density at radius 3 is 1.70 bits per heavy atom. The van der Waals surface area contributed by atoms with Crippen LogP contribution in [0.1, 0.15) is 0 Å². The molecule has 0 amide bonds. The van der Waals surface area contributed by atoms with Crippen molar-refractivity contribution in [3.63, 3.8) is 0 Å². The topological polar surface area (TPSA) is 18.5 Å². The van der Waals surface area contributed by atoms with Gasteiger partial charge in [-0.1, -0.05) is 25.4 Å². The van der Waals surface area contributed by atoms with Crippen molar-refractivity contribution >= 4 is 0 Å². The molecule has 52 valence electrons. The van der Waals surface area contributed by atoms with E-state index in [1.807, 2.05) is 0 Å². The van der Waals surface area contributed by atoms with Gasteiger partial charge in [-0.3, -0.25) is 12.8 Å². The summed E-state index contributed by atoms with van der Waals surface area (Å²) >= 11 is 0. The van der Waals surface area contributed by atoms with Crippen LogP contribution in [0.2, 0.25) is 0 Å². The molecule has 2 radical (unpaired) electrons. The minimum atomic E-state index is 0. The largest absolute Gasteiger partial charge is 0.442 e. The normalized spacial score (nSPS) is 36.0.